The third kappa shape index (κ3) is 2.46. The van der Waals surface area contributed by atoms with Crippen molar-refractivity contribution in [2.45, 2.75) is 18.7 Å². The molecule has 0 fully saturated rings. The molecule has 0 atom stereocenters. The number of fused-ring (bicyclic) bond motifs is 2. The first-order valence-corrected chi connectivity index (χ1v) is 9.27. The van der Waals surface area contributed by atoms with Gasteiger partial charge in [0.2, 0.25) is 9.84 Å². The largest absolute Gasteiger partial charge is 0.508 e. The zero-order valence-electron chi connectivity index (χ0n) is 13.7. The van der Waals surface area contributed by atoms with Gasteiger partial charge in [-0.25, -0.2) is 8.42 Å². The van der Waals surface area contributed by atoms with Crippen LogP contribution in [-0.2, 0) is 9.84 Å². The normalized spacial score (nSPS) is 15.0. The Kier molecular flexibility index (Phi) is 3.33. The monoisotopic (exact) mass is 352 g/mol. The molecule has 0 saturated carbocycles. The summed E-state index contributed by atoms with van der Waals surface area (Å²) in [6.07, 6.45) is 3.36. The first-order chi connectivity index (χ1) is 11.9. The second kappa shape index (κ2) is 5.32. The SMILES string of the molecule is CC1=Cc2cc3nccc(Nc4ccc(O)cc4C)c3cc2S1(=O)=O. The van der Waals surface area contributed by atoms with E-state index in [1.54, 1.807) is 49.5 Å². The minimum absolute atomic E-state index is 0.202. The summed E-state index contributed by atoms with van der Waals surface area (Å²) in [7, 11) is -3.41. The molecule has 2 N–H and O–H groups in total. The summed E-state index contributed by atoms with van der Waals surface area (Å²) in [5.74, 6) is 0.202. The smallest absolute Gasteiger partial charge is 0.203 e. The number of hydrogen-bond donors (Lipinski definition) is 2. The fraction of sp³-hybridized carbons (Fsp3) is 0.105. The predicted octanol–water partition coefficient (Wildman–Crippen LogP) is 4.14. The zero-order valence-corrected chi connectivity index (χ0v) is 14.6. The molecule has 0 aliphatic carbocycles. The minimum atomic E-state index is -3.41. The first kappa shape index (κ1) is 15.7. The van der Waals surface area contributed by atoms with Gasteiger partial charge in [0.25, 0.3) is 0 Å². The third-order valence-corrected chi connectivity index (χ3v) is 6.32. The van der Waals surface area contributed by atoms with Gasteiger partial charge in [-0.1, -0.05) is 0 Å². The highest BCUT2D eigenvalue weighted by Crippen LogP contribution is 2.37. The number of aromatic hydroxyl groups is 1. The summed E-state index contributed by atoms with van der Waals surface area (Å²) < 4.78 is 24.9. The second-order valence-electron chi connectivity index (χ2n) is 6.15. The summed E-state index contributed by atoms with van der Waals surface area (Å²) in [5.41, 5.74) is 3.89. The average Bonchev–Trinajstić information content (AvgIpc) is 2.78. The van der Waals surface area contributed by atoms with Gasteiger partial charge in [-0.2, -0.15) is 0 Å². The van der Waals surface area contributed by atoms with Gasteiger partial charge < -0.3 is 10.4 Å². The number of rotatable bonds is 2. The van der Waals surface area contributed by atoms with Gasteiger partial charge in [0.15, 0.2) is 0 Å². The van der Waals surface area contributed by atoms with Crippen LogP contribution in [0.5, 0.6) is 5.75 Å². The lowest BCUT2D eigenvalue weighted by atomic mass is 10.1. The molecule has 0 unspecified atom stereocenters. The van der Waals surface area contributed by atoms with Crippen LogP contribution in [0.3, 0.4) is 0 Å². The van der Waals surface area contributed by atoms with Crippen molar-refractivity contribution >= 4 is 38.2 Å². The van der Waals surface area contributed by atoms with Gasteiger partial charge in [0, 0.05) is 27.9 Å². The standard InChI is InChI=1S/C19H16N2O3S/c1-11-7-14(22)3-4-16(11)21-17-5-6-20-18-9-13-8-12(2)25(23,24)19(13)10-15(17)18/h3-10,22H,1-2H3,(H,20,21). The van der Waals surface area contributed by atoms with Gasteiger partial charge in [0.05, 0.1) is 10.4 Å². The molecule has 0 bridgehead atoms. The number of nitrogens with one attached hydrogen (secondary N) is 1. The van der Waals surface area contributed by atoms with E-state index in [0.717, 1.165) is 27.8 Å². The lowest BCUT2D eigenvalue weighted by Gasteiger charge is -2.13. The van der Waals surface area contributed by atoms with Crippen LogP contribution in [0.25, 0.3) is 17.0 Å². The molecule has 1 aliphatic heterocycles. The number of anilines is 2. The van der Waals surface area contributed by atoms with Gasteiger partial charge >= 0.3 is 0 Å². The van der Waals surface area contributed by atoms with Crippen LogP contribution in [-0.4, -0.2) is 18.5 Å². The highest BCUT2D eigenvalue weighted by molar-refractivity contribution is 7.95. The second-order valence-corrected chi connectivity index (χ2v) is 8.24. The van der Waals surface area contributed by atoms with Crippen molar-refractivity contribution in [2.24, 2.45) is 0 Å². The molecule has 2 heterocycles. The molecule has 1 aliphatic rings. The summed E-state index contributed by atoms with van der Waals surface area (Å²) in [6.45, 7) is 3.49. The molecule has 0 spiro atoms. The molecule has 2 aromatic carbocycles. The van der Waals surface area contributed by atoms with E-state index in [1.807, 2.05) is 13.0 Å². The van der Waals surface area contributed by atoms with Crippen LogP contribution < -0.4 is 5.32 Å². The van der Waals surface area contributed by atoms with Crippen LogP contribution in [0.1, 0.15) is 18.1 Å². The topological polar surface area (TPSA) is 79.3 Å². The Labute approximate surface area is 145 Å². The number of benzene rings is 2. The van der Waals surface area contributed by atoms with Crippen molar-refractivity contribution in [3.63, 3.8) is 0 Å². The molecular formula is C19H16N2O3S. The Morgan fingerprint density at radius 2 is 1.84 bits per heavy atom. The van der Waals surface area contributed by atoms with E-state index in [0.29, 0.717) is 15.4 Å². The van der Waals surface area contributed by atoms with E-state index >= 15 is 0 Å². The number of aromatic nitrogens is 1. The zero-order chi connectivity index (χ0) is 17.8. The quantitative estimate of drug-likeness (QED) is 0.678. The van der Waals surface area contributed by atoms with Crippen molar-refractivity contribution in [1.82, 2.24) is 4.98 Å². The van der Waals surface area contributed by atoms with Crippen molar-refractivity contribution in [3.8, 4) is 5.75 Å². The van der Waals surface area contributed by atoms with Crippen molar-refractivity contribution < 1.29 is 13.5 Å². The van der Waals surface area contributed by atoms with Crippen molar-refractivity contribution in [1.29, 1.82) is 0 Å². The molecule has 25 heavy (non-hydrogen) atoms. The van der Waals surface area contributed by atoms with Gasteiger partial charge in [0.1, 0.15) is 5.75 Å². The number of phenols is 1. The molecule has 0 amide bonds. The Bertz CT molecular complexity index is 1160. The Balaban J connectivity index is 1.88. The maximum Gasteiger partial charge on any atom is 0.203 e. The van der Waals surface area contributed by atoms with E-state index in [-0.39, 0.29) is 5.75 Å². The van der Waals surface area contributed by atoms with Gasteiger partial charge in [-0.05, 0) is 67.4 Å². The van der Waals surface area contributed by atoms with Gasteiger partial charge in [-0.3, -0.25) is 4.98 Å². The molecule has 0 saturated heterocycles. The van der Waals surface area contributed by atoms with Crippen molar-refractivity contribution in [2.75, 3.05) is 5.32 Å². The third-order valence-electron chi connectivity index (χ3n) is 4.42. The van der Waals surface area contributed by atoms with Crippen LogP contribution in [0.15, 0.2) is 52.4 Å². The number of nitrogens with zero attached hydrogens (tertiary/aromatic N) is 1. The van der Waals surface area contributed by atoms with E-state index in [1.165, 1.54) is 0 Å². The summed E-state index contributed by atoms with van der Waals surface area (Å²) in [5, 5.41) is 13.6. The molecule has 1 aromatic heterocycles. The maximum absolute atomic E-state index is 12.5. The number of sulfone groups is 1. The number of aryl methyl sites for hydroxylation is 1. The lowest BCUT2D eigenvalue weighted by molar-refractivity contribution is 0.475. The molecule has 4 rings (SSSR count). The molecule has 6 heteroatoms. The molecule has 5 nitrogen and oxygen atoms in total. The van der Waals surface area contributed by atoms with E-state index in [9.17, 15) is 13.5 Å². The molecule has 0 radical (unpaired) electrons. The van der Waals surface area contributed by atoms with E-state index in [2.05, 4.69) is 10.3 Å². The highest BCUT2D eigenvalue weighted by Gasteiger charge is 2.27. The number of allylic oxidation sites excluding steroid dienone is 1. The van der Waals surface area contributed by atoms with E-state index in [4.69, 9.17) is 0 Å². The van der Waals surface area contributed by atoms with Crippen LogP contribution in [0, 0.1) is 6.92 Å². The fourth-order valence-electron chi connectivity index (χ4n) is 3.05. The summed E-state index contributed by atoms with van der Waals surface area (Å²) in [4.78, 5) is 5.03. The van der Waals surface area contributed by atoms with E-state index < -0.39 is 9.84 Å². The van der Waals surface area contributed by atoms with Gasteiger partial charge in [-0.15, -0.1) is 0 Å². The van der Waals surface area contributed by atoms with Crippen LogP contribution in [0.2, 0.25) is 0 Å². The number of pyridine rings is 1. The average molecular weight is 352 g/mol. The Hall–Kier alpha value is -2.86. The van der Waals surface area contributed by atoms with Crippen LogP contribution >= 0.6 is 0 Å². The fourth-order valence-corrected chi connectivity index (χ4v) is 4.38. The Morgan fingerprint density at radius 1 is 1.04 bits per heavy atom. The number of hydrogen-bond acceptors (Lipinski definition) is 5. The molecule has 3 aromatic rings. The molecule has 126 valence electrons. The highest BCUT2D eigenvalue weighted by atomic mass is 32.2. The Morgan fingerprint density at radius 3 is 2.60 bits per heavy atom. The summed E-state index contributed by atoms with van der Waals surface area (Å²) in [6, 6.07) is 10.3. The van der Waals surface area contributed by atoms with Crippen molar-refractivity contribution in [3.05, 3.63) is 58.6 Å². The predicted molar refractivity (Wildman–Crippen MR) is 98.7 cm³/mol. The first-order valence-electron chi connectivity index (χ1n) is 7.79. The van der Waals surface area contributed by atoms with Crippen LogP contribution in [0.4, 0.5) is 11.4 Å². The minimum Gasteiger partial charge on any atom is -0.508 e. The maximum atomic E-state index is 12.5. The lowest BCUT2D eigenvalue weighted by Crippen LogP contribution is -2.00. The number of phenolic OH excluding ortho intramolecular Hbond substituents is 1. The molecular weight excluding hydrogens is 336 g/mol. The summed E-state index contributed by atoms with van der Waals surface area (Å²) >= 11 is 0.